The highest BCUT2D eigenvalue weighted by atomic mass is 35.5. The maximum atomic E-state index is 12.5. The number of piperazine rings is 1. The average Bonchev–Trinajstić information content (AvgIpc) is 2.55. The van der Waals surface area contributed by atoms with Gasteiger partial charge in [0.2, 0.25) is 5.91 Å². The lowest BCUT2D eigenvalue weighted by Crippen LogP contribution is -2.49. The number of nitrogens with zero attached hydrogens (tertiary/aromatic N) is 1. The van der Waals surface area contributed by atoms with Crippen molar-refractivity contribution in [2.45, 2.75) is 32.2 Å². The fourth-order valence-corrected chi connectivity index (χ4v) is 2.98. The molecule has 1 aromatic rings. The number of carbonyl (C=O) groups excluding carboxylic acids is 1. The summed E-state index contributed by atoms with van der Waals surface area (Å²) < 4.78 is 5.52. The third-order valence-corrected chi connectivity index (χ3v) is 4.29. The Balaban J connectivity index is 1.95. The molecule has 1 saturated heterocycles. The second kappa shape index (κ2) is 9.13. The minimum absolute atomic E-state index is 0.0193. The van der Waals surface area contributed by atoms with Crippen LogP contribution < -0.4 is 5.32 Å². The summed E-state index contributed by atoms with van der Waals surface area (Å²) in [5.41, 5.74) is 0.996. The molecule has 5 heteroatoms. The van der Waals surface area contributed by atoms with Gasteiger partial charge in [0.1, 0.15) is 6.61 Å². The summed E-state index contributed by atoms with van der Waals surface area (Å²) in [4.78, 5) is 14.3. The number of benzene rings is 1. The number of hydrogen-bond donors (Lipinski definition) is 1. The van der Waals surface area contributed by atoms with Crippen LogP contribution in [0, 0.1) is 0 Å². The quantitative estimate of drug-likeness (QED) is 0.784. The maximum absolute atomic E-state index is 12.5. The number of nitrogens with one attached hydrogen (secondary N) is 1. The van der Waals surface area contributed by atoms with Crippen LogP contribution in [0.4, 0.5) is 0 Å². The largest absolute Gasteiger partial charge is 0.372 e. The van der Waals surface area contributed by atoms with Crippen molar-refractivity contribution in [2.24, 2.45) is 0 Å². The Morgan fingerprint density at radius 2 is 2.23 bits per heavy atom. The van der Waals surface area contributed by atoms with Gasteiger partial charge < -0.3 is 15.0 Å². The zero-order valence-electron chi connectivity index (χ0n) is 13.2. The molecule has 1 fully saturated rings. The van der Waals surface area contributed by atoms with E-state index in [0.717, 1.165) is 37.9 Å². The topological polar surface area (TPSA) is 41.6 Å². The summed E-state index contributed by atoms with van der Waals surface area (Å²) in [6.07, 6.45) is 3.31. The third-order valence-electron chi connectivity index (χ3n) is 3.95. The Morgan fingerprint density at radius 1 is 1.41 bits per heavy atom. The van der Waals surface area contributed by atoms with Crippen molar-refractivity contribution in [3.8, 4) is 0 Å². The molecule has 0 spiro atoms. The van der Waals surface area contributed by atoms with Gasteiger partial charge in [-0.1, -0.05) is 49.6 Å². The van der Waals surface area contributed by atoms with E-state index in [0.29, 0.717) is 18.2 Å². The first kappa shape index (κ1) is 17.3. The van der Waals surface area contributed by atoms with Crippen molar-refractivity contribution >= 4 is 17.5 Å². The second-order valence-corrected chi connectivity index (χ2v) is 6.00. The first-order valence-corrected chi connectivity index (χ1v) is 8.44. The van der Waals surface area contributed by atoms with Gasteiger partial charge in [-0.05, 0) is 18.1 Å². The fraction of sp³-hybridized carbons (Fsp3) is 0.588. The fourth-order valence-electron chi connectivity index (χ4n) is 2.72. The summed E-state index contributed by atoms with van der Waals surface area (Å²) >= 11 is 6.29. The Kier molecular flexibility index (Phi) is 7.16. The molecule has 1 aliphatic rings. The van der Waals surface area contributed by atoms with Gasteiger partial charge in [0.15, 0.2) is 0 Å². The van der Waals surface area contributed by atoms with Crippen LogP contribution in [0.3, 0.4) is 0 Å². The van der Waals surface area contributed by atoms with Crippen molar-refractivity contribution in [3.05, 3.63) is 34.9 Å². The number of amides is 1. The Hall–Kier alpha value is -1.10. The highest BCUT2D eigenvalue weighted by molar-refractivity contribution is 6.31. The zero-order chi connectivity index (χ0) is 15.8. The van der Waals surface area contributed by atoms with Crippen LogP contribution in [0.1, 0.15) is 37.8 Å². The van der Waals surface area contributed by atoms with Crippen molar-refractivity contribution in [1.29, 1.82) is 0 Å². The molecular weight excluding hydrogens is 300 g/mol. The molecular formula is C17H25ClN2O2. The van der Waals surface area contributed by atoms with Crippen molar-refractivity contribution in [2.75, 3.05) is 32.8 Å². The van der Waals surface area contributed by atoms with Crippen LogP contribution in [-0.2, 0) is 9.53 Å². The molecule has 1 unspecified atom stereocenters. The minimum atomic E-state index is -0.0193. The van der Waals surface area contributed by atoms with Crippen molar-refractivity contribution in [3.63, 3.8) is 0 Å². The van der Waals surface area contributed by atoms with Crippen LogP contribution in [0.15, 0.2) is 24.3 Å². The van der Waals surface area contributed by atoms with Gasteiger partial charge in [-0.3, -0.25) is 4.79 Å². The van der Waals surface area contributed by atoms with Crippen molar-refractivity contribution < 1.29 is 9.53 Å². The molecule has 1 heterocycles. The smallest absolute Gasteiger partial charge is 0.249 e. The van der Waals surface area contributed by atoms with Gasteiger partial charge in [-0.15, -0.1) is 0 Å². The number of unbranched alkanes of at least 4 members (excludes halogenated alkanes) is 2. The number of hydrogen-bond acceptors (Lipinski definition) is 3. The minimum Gasteiger partial charge on any atom is -0.372 e. The lowest BCUT2D eigenvalue weighted by Gasteiger charge is -2.37. The molecule has 0 aliphatic carbocycles. The lowest BCUT2D eigenvalue weighted by molar-refractivity contribution is -0.139. The summed E-state index contributed by atoms with van der Waals surface area (Å²) in [6.45, 7) is 5.19. The molecule has 1 N–H and O–H groups in total. The predicted octanol–water partition coefficient (Wildman–Crippen LogP) is 3.02. The van der Waals surface area contributed by atoms with E-state index >= 15 is 0 Å². The van der Waals surface area contributed by atoms with E-state index in [4.69, 9.17) is 16.3 Å². The standard InChI is InChI=1S/C17H25ClN2O2/c1-2-3-6-11-22-13-17(21)20-10-9-19-12-16(20)14-7-4-5-8-15(14)18/h4-5,7-8,16,19H,2-3,6,9-13H2,1H3. The van der Waals surface area contributed by atoms with Crippen LogP contribution in [0.25, 0.3) is 0 Å². The van der Waals surface area contributed by atoms with E-state index in [1.807, 2.05) is 29.2 Å². The molecule has 22 heavy (non-hydrogen) atoms. The van der Waals surface area contributed by atoms with Crippen LogP contribution >= 0.6 is 11.6 Å². The summed E-state index contributed by atoms with van der Waals surface area (Å²) in [7, 11) is 0. The maximum Gasteiger partial charge on any atom is 0.249 e. The molecule has 1 aliphatic heterocycles. The molecule has 122 valence electrons. The Bertz CT molecular complexity index is 481. The molecule has 1 aromatic carbocycles. The van der Waals surface area contributed by atoms with E-state index in [1.54, 1.807) is 0 Å². The molecule has 0 radical (unpaired) electrons. The van der Waals surface area contributed by atoms with E-state index in [1.165, 1.54) is 0 Å². The second-order valence-electron chi connectivity index (χ2n) is 5.59. The zero-order valence-corrected chi connectivity index (χ0v) is 13.9. The summed E-state index contributed by atoms with van der Waals surface area (Å²) in [5.74, 6) is 0.0444. The van der Waals surface area contributed by atoms with Crippen LogP contribution in [0.5, 0.6) is 0 Å². The molecule has 0 aromatic heterocycles. The molecule has 1 atom stereocenters. The molecule has 0 bridgehead atoms. The van der Waals surface area contributed by atoms with Gasteiger partial charge in [0.05, 0.1) is 6.04 Å². The van der Waals surface area contributed by atoms with Gasteiger partial charge in [-0.25, -0.2) is 0 Å². The van der Waals surface area contributed by atoms with Crippen LogP contribution in [0.2, 0.25) is 5.02 Å². The van der Waals surface area contributed by atoms with E-state index in [2.05, 4.69) is 12.2 Å². The van der Waals surface area contributed by atoms with Crippen molar-refractivity contribution in [1.82, 2.24) is 10.2 Å². The Labute approximate surface area is 137 Å². The normalized spacial score (nSPS) is 18.5. The third kappa shape index (κ3) is 4.70. The summed E-state index contributed by atoms with van der Waals surface area (Å²) in [6, 6.07) is 7.71. The number of halogens is 1. The highest BCUT2D eigenvalue weighted by Crippen LogP contribution is 2.28. The number of rotatable bonds is 7. The predicted molar refractivity (Wildman–Crippen MR) is 89.1 cm³/mol. The molecule has 2 rings (SSSR count). The molecule has 0 saturated carbocycles. The van der Waals surface area contributed by atoms with Gasteiger partial charge in [0, 0.05) is 31.3 Å². The van der Waals surface area contributed by atoms with Gasteiger partial charge >= 0.3 is 0 Å². The van der Waals surface area contributed by atoms with Gasteiger partial charge in [-0.2, -0.15) is 0 Å². The average molecular weight is 325 g/mol. The first-order chi connectivity index (χ1) is 10.7. The first-order valence-electron chi connectivity index (χ1n) is 8.06. The molecule has 1 amide bonds. The van der Waals surface area contributed by atoms with E-state index in [9.17, 15) is 4.79 Å². The highest BCUT2D eigenvalue weighted by Gasteiger charge is 2.28. The lowest BCUT2D eigenvalue weighted by atomic mass is 10.0. The van der Waals surface area contributed by atoms with E-state index in [-0.39, 0.29) is 18.6 Å². The number of ether oxygens (including phenoxy) is 1. The molecule has 4 nitrogen and oxygen atoms in total. The van der Waals surface area contributed by atoms with Gasteiger partial charge in [0.25, 0.3) is 0 Å². The monoisotopic (exact) mass is 324 g/mol. The SMILES string of the molecule is CCCCCOCC(=O)N1CCNCC1c1ccccc1Cl. The summed E-state index contributed by atoms with van der Waals surface area (Å²) in [5, 5.41) is 4.04. The number of carbonyl (C=O) groups is 1. The van der Waals surface area contributed by atoms with Crippen LogP contribution in [-0.4, -0.2) is 43.7 Å². The Morgan fingerprint density at radius 3 is 3.00 bits per heavy atom. The van der Waals surface area contributed by atoms with E-state index < -0.39 is 0 Å².